The molecule has 0 atom stereocenters. The van der Waals surface area contributed by atoms with E-state index in [9.17, 15) is 4.79 Å². The smallest absolute Gasteiger partial charge is 0.411 e. The second kappa shape index (κ2) is 8.65. The summed E-state index contributed by atoms with van der Waals surface area (Å²) in [5.41, 5.74) is 1.45. The molecule has 0 aliphatic carbocycles. The molecule has 23 heavy (non-hydrogen) atoms. The molecule has 0 aromatic heterocycles. The van der Waals surface area contributed by atoms with E-state index in [0.717, 1.165) is 11.3 Å². The maximum atomic E-state index is 11.8. The number of rotatable bonds is 6. The van der Waals surface area contributed by atoms with Crippen molar-refractivity contribution in [1.29, 1.82) is 0 Å². The molecule has 0 unspecified atom stereocenters. The van der Waals surface area contributed by atoms with Crippen LogP contribution in [-0.4, -0.2) is 19.3 Å². The van der Waals surface area contributed by atoms with Gasteiger partial charge in [0.15, 0.2) is 0 Å². The zero-order valence-electron chi connectivity index (χ0n) is 12.6. The van der Waals surface area contributed by atoms with Gasteiger partial charge in [0.2, 0.25) is 0 Å². The third kappa shape index (κ3) is 5.34. The highest BCUT2D eigenvalue weighted by molar-refractivity contribution is 6.36. The van der Waals surface area contributed by atoms with Crippen LogP contribution in [0.25, 0.3) is 0 Å². The summed E-state index contributed by atoms with van der Waals surface area (Å²) < 4.78 is 10.7. The van der Waals surface area contributed by atoms with E-state index >= 15 is 0 Å². The van der Waals surface area contributed by atoms with Crippen molar-refractivity contribution in [2.45, 2.75) is 13.3 Å². The van der Waals surface area contributed by atoms with Crippen LogP contribution in [0.2, 0.25) is 10.0 Å². The van der Waals surface area contributed by atoms with E-state index in [2.05, 4.69) is 5.32 Å². The first-order chi connectivity index (χ1) is 11.1. The highest BCUT2D eigenvalue weighted by Gasteiger charge is 2.08. The Kier molecular flexibility index (Phi) is 6.56. The van der Waals surface area contributed by atoms with Crippen LogP contribution >= 0.6 is 23.2 Å². The van der Waals surface area contributed by atoms with Crippen LogP contribution in [-0.2, 0) is 11.2 Å². The molecule has 6 heteroatoms. The van der Waals surface area contributed by atoms with E-state index in [1.54, 1.807) is 18.2 Å². The summed E-state index contributed by atoms with van der Waals surface area (Å²) in [6, 6.07) is 12.5. The molecule has 0 fully saturated rings. The van der Waals surface area contributed by atoms with Gasteiger partial charge >= 0.3 is 6.09 Å². The summed E-state index contributed by atoms with van der Waals surface area (Å²) in [5, 5.41) is 3.44. The Morgan fingerprint density at radius 2 is 1.96 bits per heavy atom. The van der Waals surface area contributed by atoms with Crippen molar-refractivity contribution < 1.29 is 14.3 Å². The van der Waals surface area contributed by atoms with Crippen LogP contribution in [0.15, 0.2) is 42.5 Å². The third-order valence-corrected chi connectivity index (χ3v) is 3.59. The monoisotopic (exact) mass is 353 g/mol. The number of ether oxygens (including phenoxy) is 2. The van der Waals surface area contributed by atoms with Gasteiger partial charge in [-0.2, -0.15) is 0 Å². The van der Waals surface area contributed by atoms with Gasteiger partial charge in [0.05, 0.1) is 23.9 Å². The summed E-state index contributed by atoms with van der Waals surface area (Å²) in [7, 11) is 0. The molecule has 122 valence electrons. The van der Waals surface area contributed by atoms with E-state index in [1.165, 1.54) is 0 Å². The molecule has 4 nitrogen and oxygen atoms in total. The highest BCUT2D eigenvalue weighted by atomic mass is 35.5. The molecule has 1 amide bonds. The average Bonchev–Trinajstić information content (AvgIpc) is 2.52. The summed E-state index contributed by atoms with van der Waals surface area (Å²) >= 11 is 11.8. The Morgan fingerprint density at radius 3 is 2.70 bits per heavy atom. The Bertz CT molecular complexity index is 677. The second-order valence-electron chi connectivity index (χ2n) is 4.68. The fraction of sp³-hybridized carbons (Fsp3) is 0.235. The SMILES string of the molecule is CCOc1ccccc1CCOC(=O)Nc1ccc(Cl)cc1Cl. The lowest BCUT2D eigenvalue weighted by Crippen LogP contribution is -2.15. The predicted octanol–water partition coefficient (Wildman–Crippen LogP) is 5.18. The quantitative estimate of drug-likeness (QED) is 0.777. The lowest BCUT2D eigenvalue weighted by atomic mass is 10.1. The maximum Gasteiger partial charge on any atom is 0.411 e. The van der Waals surface area contributed by atoms with Crippen molar-refractivity contribution in [3.8, 4) is 5.75 Å². The average molecular weight is 354 g/mol. The van der Waals surface area contributed by atoms with E-state index in [0.29, 0.717) is 28.8 Å². The molecule has 0 bridgehead atoms. The van der Waals surface area contributed by atoms with Crippen molar-refractivity contribution in [2.24, 2.45) is 0 Å². The topological polar surface area (TPSA) is 47.6 Å². The van der Waals surface area contributed by atoms with E-state index in [4.69, 9.17) is 32.7 Å². The molecule has 2 aromatic rings. The molecule has 0 saturated carbocycles. The third-order valence-electron chi connectivity index (χ3n) is 3.04. The number of nitrogens with one attached hydrogen (secondary N) is 1. The van der Waals surface area contributed by atoms with Gasteiger partial charge in [-0.15, -0.1) is 0 Å². The van der Waals surface area contributed by atoms with Gasteiger partial charge in [0.25, 0.3) is 0 Å². The van der Waals surface area contributed by atoms with Crippen LogP contribution in [0.4, 0.5) is 10.5 Å². The van der Waals surface area contributed by atoms with Crippen molar-refractivity contribution in [3.05, 3.63) is 58.1 Å². The Labute approximate surface area is 145 Å². The van der Waals surface area contributed by atoms with Gasteiger partial charge in [0, 0.05) is 11.4 Å². The summed E-state index contributed by atoms with van der Waals surface area (Å²) in [5.74, 6) is 0.805. The Hall–Kier alpha value is -1.91. The second-order valence-corrected chi connectivity index (χ2v) is 5.52. The van der Waals surface area contributed by atoms with Crippen LogP contribution in [0, 0.1) is 0 Å². The fourth-order valence-corrected chi connectivity index (χ4v) is 2.45. The molecule has 0 aliphatic heterocycles. The normalized spacial score (nSPS) is 10.2. The molecular weight excluding hydrogens is 337 g/mol. The number of halogens is 2. The minimum atomic E-state index is -0.567. The number of hydrogen-bond donors (Lipinski definition) is 1. The zero-order chi connectivity index (χ0) is 16.7. The molecule has 0 aliphatic rings. The summed E-state index contributed by atoms with van der Waals surface area (Å²) in [6.45, 7) is 2.76. The number of amides is 1. The highest BCUT2D eigenvalue weighted by Crippen LogP contribution is 2.25. The first-order valence-electron chi connectivity index (χ1n) is 7.19. The van der Waals surface area contributed by atoms with E-state index in [1.807, 2.05) is 31.2 Å². The van der Waals surface area contributed by atoms with Gasteiger partial charge in [-0.05, 0) is 36.8 Å². The fourth-order valence-electron chi connectivity index (χ4n) is 2.00. The summed E-state index contributed by atoms with van der Waals surface area (Å²) in [6.07, 6.45) is 0.000842. The van der Waals surface area contributed by atoms with Crippen molar-refractivity contribution in [2.75, 3.05) is 18.5 Å². The number of carbonyl (C=O) groups excluding carboxylic acids is 1. The lowest BCUT2D eigenvalue weighted by Gasteiger charge is -2.11. The van der Waals surface area contributed by atoms with Crippen molar-refractivity contribution in [1.82, 2.24) is 0 Å². The first kappa shape index (κ1) is 17.4. The molecule has 0 radical (unpaired) electrons. The number of carbonyl (C=O) groups is 1. The van der Waals surface area contributed by atoms with Crippen LogP contribution in [0.5, 0.6) is 5.75 Å². The molecular formula is C17H17Cl2NO3. The predicted molar refractivity (Wildman–Crippen MR) is 92.7 cm³/mol. The molecule has 2 aromatic carbocycles. The minimum absolute atomic E-state index is 0.237. The van der Waals surface area contributed by atoms with E-state index < -0.39 is 6.09 Å². The minimum Gasteiger partial charge on any atom is -0.494 e. The first-order valence-corrected chi connectivity index (χ1v) is 7.95. The number of benzene rings is 2. The van der Waals surface area contributed by atoms with E-state index in [-0.39, 0.29) is 6.61 Å². The van der Waals surface area contributed by atoms with Crippen LogP contribution in [0.3, 0.4) is 0 Å². The number of para-hydroxylation sites is 1. The largest absolute Gasteiger partial charge is 0.494 e. The molecule has 0 heterocycles. The summed E-state index contributed by atoms with van der Waals surface area (Å²) in [4.78, 5) is 11.8. The molecule has 0 spiro atoms. The molecule has 0 saturated heterocycles. The zero-order valence-corrected chi connectivity index (χ0v) is 14.2. The van der Waals surface area contributed by atoms with Crippen LogP contribution in [0.1, 0.15) is 12.5 Å². The molecule has 2 rings (SSSR count). The Balaban J connectivity index is 1.85. The van der Waals surface area contributed by atoms with Gasteiger partial charge in [0.1, 0.15) is 5.75 Å². The Morgan fingerprint density at radius 1 is 1.17 bits per heavy atom. The van der Waals surface area contributed by atoms with Crippen molar-refractivity contribution in [3.63, 3.8) is 0 Å². The van der Waals surface area contributed by atoms with Crippen molar-refractivity contribution >= 4 is 35.0 Å². The van der Waals surface area contributed by atoms with Gasteiger partial charge in [-0.3, -0.25) is 5.32 Å². The van der Waals surface area contributed by atoms with Gasteiger partial charge in [-0.25, -0.2) is 4.79 Å². The number of anilines is 1. The lowest BCUT2D eigenvalue weighted by molar-refractivity contribution is 0.162. The van der Waals surface area contributed by atoms with Gasteiger partial charge in [-0.1, -0.05) is 41.4 Å². The standard InChI is InChI=1S/C17H17Cl2NO3/c1-2-22-16-6-4-3-5-12(16)9-10-23-17(21)20-15-8-7-13(18)11-14(15)19/h3-8,11H,2,9-10H2,1H3,(H,20,21). The molecule has 1 N–H and O–H groups in total. The number of hydrogen-bond acceptors (Lipinski definition) is 3. The van der Waals surface area contributed by atoms with Gasteiger partial charge < -0.3 is 9.47 Å². The van der Waals surface area contributed by atoms with Crippen LogP contribution < -0.4 is 10.1 Å². The maximum absolute atomic E-state index is 11.8.